The normalized spacial score (nSPS) is 9.92. The quantitative estimate of drug-likeness (QED) is 0.569. The number of aromatic amines is 1. The van der Waals surface area contributed by atoms with Crippen molar-refractivity contribution < 1.29 is 4.79 Å². The predicted octanol–water partition coefficient (Wildman–Crippen LogP) is -0.583. The fraction of sp³-hybridized carbons (Fsp3) is 0.500. The number of carbonyl (C=O) groups excluding carboxylic acids is 1. The molecule has 5 nitrogen and oxygen atoms in total. The summed E-state index contributed by atoms with van der Waals surface area (Å²) < 4.78 is 0. The molecule has 0 fully saturated rings. The van der Waals surface area contributed by atoms with Gasteiger partial charge in [-0.1, -0.05) is 0 Å². The molecule has 0 aliphatic carbocycles. The number of aromatic nitrogens is 2. The summed E-state index contributed by atoms with van der Waals surface area (Å²) in [6, 6.07) is 0. The number of amides is 1. The predicted molar refractivity (Wildman–Crippen MR) is 49.0 cm³/mol. The highest BCUT2D eigenvalue weighted by atomic mass is 16.1. The van der Waals surface area contributed by atoms with Gasteiger partial charge in [-0.2, -0.15) is 0 Å². The zero-order chi connectivity index (χ0) is 9.52. The summed E-state index contributed by atoms with van der Waals surface area (Å²) in [5, 5.41) is 2.74. The van der Waals surface area contributed by atoms with Crippen LogP contribution in [0.2, 0.25) is 0 Å². The van der Waals surface area contributed by atoms with Gasteiger partial charge in [0.05, 0.1) is 0 Å². The van der Waals surface area contributed by atoms with Crippen molar-refractivity contribution in [1.82, 2.24) is 15.3 Å². The fourth-order valence-corrected chi connectivity index (χ4v) is 0.974. The Hall–Kier alpha value is -1.36. The SMILES string of the molecule is NCCC(=O)NCCc1ncc[nH]1. The van der Waals surface area contributed by atoms with Crippen LogP contribution in [0.1, 0.15) is 12.2 Å². The van der Waals surface area contributed by atoms with Crippen LogP contribution in [0.25, 0.3) is 0 Å². The van der Waals surface area contributed by atoms with E-state index in [9.17, 15) is 4.79 Å². The molecule has 0 atom stereocenters. The Morgan fingerprint density at radius 3 is 3.15 bits per heavy atom. The van der Waals surface area contributed by atoms with Crippen molar-refractivity contribution in [1.29, 1.82) is 0 Å². The third-order valence-corrected chi connectivity index (χ3v) is 1.61. The number of hydrogen-bond donors (Lipinski definition) is 3. The monoisotopic (exact) mass is 182 g/mol. The summed E-state index contributed by atoms with van der Waals surface area (Å²) >= 11 is 0. The Morgan fingerprint density at radius 2 is 2.54 bits per heavy atom. The van der Waals surface area contributed by atoms with E-state index in [0.717, 1.165) is 12.2 Å². The molecule has 0 saturated heterocycles. The van der Waals surface area contributed by atoms with Gasteiger partial charge in [0.15, 0.2) is 0 Å². The Labute approximate surface area is 76.7 Å². The molecular weight excluding hydrogens is 168 g/mol. The number of carbonyl (C=O) groups is 1. The lowest BCUT2D eigenvalue weighted by Gasteiger charge is -2.01. The number of rotatable bonds is 5. The van der Waals surface area contributed by atoms with E-state index < -0.39 is 0 Å². The van der Waals surface area contributed by atoms with Gasteiger partial charge in [0, 0.05) is 38.3 Å². The molecule has 4 N–H and O–H groups in total. The van der Waals surface area contributed by atoms with Gasteiger partial charge in [0.1, 0.15) is 5.82 Å². The molecule has 0 saturated carbocycles. The second kappa shape index (κ2) is 5.31. The van der Waals surface area contributed by atoms with E-state index in [1.165, 1.54) is 0 Å². The van der Waals surface area contributed by atoms with Crippen LogP contribution >= 0.6 is 0 Å². The van der Waals surface area contributed by atoms with Crippen molar-refractivity contribution in [2.45, 2.75) is 12.8 Å². The van der Waals surface area contributed by atoms with Gasteiger partial charge >= 0.3 is 0 Å². The van der Waals surface area contributed by atoms with Gasteiger partial charge in [-0.25, -0.2) is 4.98 Å². The first-order valence-corrected chi connectivity index (χ1v) is 4.28. The molecule has 0 bridgehead atoms. The Bertz CT molecular complexity index is 245. The molecule has 1 heterocycles. The fourth-order valence-electron chi connectivity index (χ4n) is 0.974. The van der Waals surface area contributed by atoms with E-state index in [1.54, 1.807) is 12.4 Å². The van der Waals surface area contributed by atoms with E-state index in [-0.39, 0.29) is 5.91 Å². The Morgan fingerprint density at radius 1 is 1.69 bits per heavy atom. The summed E-state index contributed by atoms with van der Waals surface area (Å²) in [5.74, 6) is 0.877. The minimum Gasteiger partial charge on any atom is -0.356 e. The third-order valence-electron chi connectivity index (χ3n) is 1.61. The molecule has 1 amide bonds. The van der Waals surface area contributed by atoms with Crippen molar-refractivity contribution in [2.24, 2.45) is 5.73 Å². The number of hydrogen-bond acceptors (Lipinski definition) is 3. The first-order valence-electron chi connectivity index (χ1n) is 4.28. The molecular formula is C8H14N4O. The van der Waals surface area contributed by atoms with Crippen LogP contribution in [0.15, 0.2) is 12.4 Å². The highest BCUT2D eigenvalue weighted by Gasteiger charge is 1.99. The molecule has 0 aromatic carbocycles. The summed E-state index contributed by atoms with van der Waals surface area (Å²) in [5.41, 5.74) is 5.22. The van der Waals surface area contributed by atoms with E-state index in [0.29, 0.717) is 19.5 Å². The maximum absolute atomic E-state index is 10.9. The summed E-state index contributed by atoms with van der Waals surface area (Å²) in [6.45, 7) is 0.999. The van der Waals surface area contributed by atoms with Gasteiger partial charge in [0.25, 0.3) is 0 Å². The van der Waals surface area contributed by atoms with Crippen molar-refractivity contribution in [3.63, 3.8) is 0 Å². The molecule has 0 radical (unpaired) electrons. The van der Waals surface area contributed by atoms with Gasteiger partial charge < -0.3 is 16.0 Å². The van der Waals surface area contributed by atoms with E-state index in [4.69, 9.17) is 5.73 Å². The third kappa shape index (κ3) is 3.71. The lowest BCUT2D eigenvalue weighted by molar-refractivity contribution is -0.120. The van der Waals surface area contributed by atoms with Crippen LogP contribution in [0.4, 0.5) is 0 Å². The lowest BCUT2D eigenvalue weighted by atomic mass is 10.3. The second-order valence-corrected chi connectivity index (χ2v) is 2.67. The highest BCUT2D eigenvalue weighted by molar-refractivity contribution is 5.75. The number of H-pyrrole nitrogens is 1. The lowest BCUT2D eigenvalue weighted by Crippen LogP contribution is -2.27. The summed E-state index contributed by atoms with van der Waals surface area (Å²) in [6.07, 6.45) is 4.57. The Balaban J connectivity index is 2.11. The molecule has 13 heavy (non-hydrogen) atoms. The zero-order valence-electron chi connectivity index (χ0n) is 7.42. The number of nitrogens with two attached hydrogens (primary N) is 1. The molecule has 1 aromatic heterocycles. The summed E-state index contributed by atoms with van der Waals surface area (Å²) in [7, 11) is 0. The maximum Gasteiger partial charge on any atom is 0.221 e. The van der Waals surface area contributed by atoms with E-state index in [2.05, 4.69) is 15.3 Å². The molecule has 0 unspecified atom stereocenters. The van der Waals surface area contributed by atoms with Crippen molar-refractivity contribution in [3.8, 4) is 0 Å². The number of nitrogens with one attached hydrogen (secondary N) is 2. The molecule has 0 aliphatic rings. The maximum atomic E-state index is 10.9. The summed E-state index contributed by atoms with van der Waals surface area (Å²) in [4.78, 5) is 17.9. The van der Waals surface area contributed by atoms with Crippen LogP contribution in [0, 0.1) is 0 Å². The minimum atomic E-state index is -0.00550. The van der Waals surface area contributed by atoms with Crippen molar-refractivity contribution in [2.75, 3.05) is 13.1 Å². The van der Waals surface area contributed by atoms with Gasteiger partial charge in [-0.3, -0.25) is 4.79 Å². The molecule has 0 spiro atoms. The number of imidazole rings is 1. The minimum absolute atomic E-state index is 0.00550. The molecule has 5 heteroatoms. The largest absolute Gasteiger partial charge is 0.356 e. The molecule has 0 aliphatic heterocycles. The highest BCUT2D eigenvalue weighted by Crippen LogP contribution is 1.88. The smallest absolute Gasteiger partial charge is 0.221 e. The van der Waals surface area contributed by atoms with Crippen molar-refractivity contribution in [3.05, 3.63) is 18.2 Å². The van der Waals surface area contributed by atoms with Crippen molar-refractivity contribution >= 4 is 5.91 Å². The zero-order valence-corrected chi connectivity index (χ0v) is 7.42. The topological polar surface area (TPSA) is 83.8 Å². The standard InChI is InChI=1S/C8H14N4O/c9-3-1-8(13)12-4-2-7-10-5-6-11-7/h5-6H,1-4,9H2,(H,10,11)(H,12,13). The average Bonchev–Trinajstić information content (AvgIpc) is 2.57. The molecule has 1 aromatic rings. The van der Waals surface area contributed by atoms with Crippen LogP contribution in [-0.2, 0) is 11.2 Å². The number of nitrogens with zero attached hydrogens (tertiary/aromatic N) is 1. The van der Waals surface area contributed by atoms with Crippen LogP contribution in [0.3, 0.4) is 0 Å². The van der Waals surface area contributed by atoms with Gasteiger partial charge in [0.2, 0.25) is 5.91 Å². The first kappa shape index (κ1) is 9.73. The van der Waals surface area contributed by atoms with Crippen LogP contribution in [-0.4, -0.2) is 29.0 Å². The second-order valence-electron chi connectivity index (χ2n) is 2.67. The average molecular weight is 182 g/mol. The van der Waals surface area contributed by atoms with Crippen LogP contribution < -0.4 is 11.1 Å². The molecule has 1 rings (SSSR count). The van der Waals surface area contributed by atoms with E-state index in [1.807, 2.05) is 0 Å². The van der Waals surface area contributed by atoms with Gasteiger partial charge in [-0.15, -0.1) is 0 Å². The Kier molecular flexibility index (Phi) is 3.98. The van der Waals surface area contributed by atoms with Gasteiger partial charge in [-0.05, 0) is 0 Å². The molecule has 72 valence electrons. The van der Waals surface area contributed by atoms with Crippen LogP contribution in [0.5, 0.6) is 0 Å². The van der Waals surface area contributed by atoms with E-state index >= 15 is 0 Å². The first-order chi connectivity index (χ1) is 6.33.